The van der Waals surface area contributed by atoms with Crippen LogP contribution in [-0.2, 0) is 14.3 Å². The number of benzene rings is 2. The van der Waals surface area contributed by atoms with Gasteiger partial charge in [-0.15, -0.1) is 0 Å². The first-order chi connectivity index (χ1) is 13.8. The first kappa shape index (κ1) is 21.8. The Kier molecular flexibility index (Phi) is 7.60. The molecule has 0 radical (unpaired) electrons. The van der Waals surface area contributed by atoms with Crippen molar-refractivity contribution >= 4 is 11.9 Å². The van der Waals surface area contributed by atoms with Crippen molar-refractivity contribution in [2.45, 2.75) is 13.8 Å². The smallest absolute Gasteiger partial charge is 0.338 e. The molecule has 0 N–H and O–H groups in total. The molecule has 6 heteroatoms. The van der Waals surface area contributed by atoms with E-state index in [0.717, 1.165) is 11.1 Å². The lowest BCUT2D eigenvalue weighted by Crippen LogP contribution is -2.12. The number of hydrogen-bond acceptors (Lipinski definition) is 6. The minimum absolute atomic E-state index is 0.0991. The van der Waals surface area contributed by atoms with Gasteiger partial charge in [-0.3, -0.25) is 0 Å². The average molecular weight is 396 g/mol. The van der Waals surface area contributed by atoms with Gasteiger partial charge >= 0.3 is 11.9 Å². The molecule has 0 aliphatic carbocycles. The number of methoxy groups -OCH3 is 1. The van der Waals surface area contributed by atoms with Crippen molar-refractivity contribution in [2.24, 2.45) is 0 Å². The predicted molar refractivity (Wildman–Crippen MR) is 110 cm³/mol. The summed E-state index contributed by atoms with van der Waals surface area (Å²) >= 11 is 0. The van der Waals surface area contributed by atoms with E-state index in [1.165, 1.54) is 0 Å². The van der Waals surface area contributed by atoms with Gasteiger partial charge in [-0.25, -0.2) is 9.59 Å². The first-order valence-electron chi connectivity index (χ1n) is 8.93. The van der Waals surface area contributed by atoms with Crippen molar-refractivity contribution in [1.29, 1.82) is 0 Å². The summed E-state index contributed by atoms with van der Waals surface area (Å²) in [5.74, 6) is 0.596. The second-order valence-corrected chi connectivity index (χ2v) is 6.32. The van der Waals surface area contributed by atoms with Gasteiger partial charge in [-0.05, 0) is 49.2 Å². The van der Waals surface area contributed by atoms with Crippen LogP contribution in [0.5, 0.6) is 17.2 Å². The van der Waals surface area contributed by atoms with Crippen LogP contribution in [-0.4, -0.2) is 32.3 Å². The molecule has 0 saturated carbocycles. The summed E-state index contributed by atoms with van der Waals surface area (Å²) in [5.41, 5.74) is 2.46. The number of esters is 2. The van der Waals surface area contributed by atoms with Gasteiger partial charge < -0.3 is 18.9 Å². The number of carbonyl (C=O) groups excluding carboxylic acids is 2. The molecule has 0 saturated heterocycles. The molecular formula is C23H24O6. The molecular weight excluding hydrogens is 372 g/mol. The maximum atomic E-state index is 11.6. The molecule has 0 amide bonds. The van der Waals surface area contributed by atoms with Crippen LogP contribution >= 0.6 is 0 Å². The third-order valence-electron chi connectivity index (χ3n) is 3.83. The van der Waals surface area contributed by atoms with E-state index < -0.39 is 11.9 Å². The summed E-state index contributed by atoms with van der Waals surface area (Å²) in [6, 6.07) is 12.6. The lowest BCUT2D eigenvalue weighted by molar-refractivity contribution is -0.139. The molecule has 2 aromatic rings. The zero-order valence-electron chi connectivity index (χ0n) is 16.8. The minimum atomic E-state index is -0.467. The van der Waals surface area contributed by atoms with Crippen LogP contribution in [0.2, 0.25) is 0 Å². The van der Waals surface area contributed by atoms with Crippen molar-refractivity contribution < 1.29 is 28.5 Å². The van der Waals surface area contributed by atoms with Crippen molar-refractivity contribution in [3.8, 4) is 28.4 Å². The lowest BCUT2D eigenvalue weighted by Gasteiger charge is -2.13. The van der Waals surface area contributed by atoms with Crippen molar-refractivity contribution in [3.05, 3.63) is 66.8 Å². The summed E-state index contributed by atoms with van der Waals surface area (Å²) in [5, 5.41) is 0. The van der Waals surface area contributed by atoms with Gasteiger partial charge in [0.25, 0.3) is 0 Å². The quantitative estimate of drug-likeness (QED) is 0.272. The van der Waals surface area contributed by atoms with E-state index >= 15 is 0 Å². The third kappa shape index (κ3) is 6.24. The van der Waals surface area contributed by atoms with Gasteiger partial charge in [0.1, 0.15) is 19.0 Å². The number of ether oxygens (including phenoxy) is 4. The molecule has 0 spiro atoms. The summed E-state index contributed by atoms with van der Waals surface area (Å²) in [4.78, 5) is 23.0. The van der Waals surface area contributed by atoms with Crippen LogP contribution in [0, 0.1) is 0 Å². The average Bonchev–Trinajstić information content (AvgIpc) is 2.71. The molecule has 152 valence electrons. The van der Waals surface area contributed by atoms with Crippen LogP contribution in [0.4, 0.5) is 0 Å². The Bertz CT molecular complexity index is 911. The summed E-state index contributed by atoms with van der Waals surface area (Å²) < 4.78 is 21.3. The number of hydrogen-bond donors (Lipinski definition) is 0. The Labute approximate surface area is 170 Å². The molecule has 0 fully saturated rings. The third-order valence-corrected chi connectivity index (χ3v) is 3.83. The predicted octanol–water partition coefficient (Wildman–Crippen LogP) is 4.34. The maximum absolute atomic E-state index is 11.6. The van der Waals surface area contributed by atoms with Gasteiger partial charge in [-0.2, -0.15) is 0 Å². The SMILES string of the molecule is C=C(C)C(=O)OCCOc1cc(-c2ccc(OC(=O)C(=C)C)cc2)ccc1OC. The molecule has 0 aromatic heterocycles. The molecule has 0 unspecified atom stereocenters. The summed E-state index contributed by atoms with van der Waals surface area (Å²) in [7, 11) is 1.55. The summed E-state index contributed by atoms with van der Waals surface area (Å²) in [6.45, 7) is 10.5. The van der Waals surface area contributed by atoms with Gasteiger partial charge in [0, 0.05) is 11.1 Å². The molecule has 0 heterocycles. The molecule has 6 nitrogen and oxygen atoms in total. The van der Waals surface area contributed by atoms with Crippen LogP contribution in [0.1, 0.15) is 13.8 Å². The Hall–Kier alpha value is -3.54. The molecule has 0 bridgehead atoms. The van der Waals surface area contributed by atoms with Gasteiger partial charge in [0.15, 0.2) is 11.5 Å². The van der Waals surface area contributed by atoms with E-state index in [9.17, 15) is 9.59 Å². The van der Waals surface area contributed by atoms with Gasteiger partial charge in [0.05, 0.1) is 7.11 Å². The highest BCUT2D eigenvalue weighted by Crippen LogP contribution is 2.33. The molecule has 2 rings (SSSR count). The molecule has 2 aromatic carbocycles. The molecule has 0 aliphatic rings. The topological polar surface area (TPSA) is 71.1 Å². The monoisotopic (exact) mass is 396 g/mol. The van der Waals surface area contributed by atoms with Gasteiger partial charge in [-0.1, -0.05) is 31.4 Å². The second kappa shape index (κ2) is 10.1. The largest absolute Gasteiger partial charge is 0.493 e. The molecule has 0 atom stereocenters. The molecule has 0 aliphatic heterocycles. The first-order valence-corrected chi connectivity index (χ1v) is 8.93. The van der Waals surface area contributed by atoms with E-state index in [2.05, 4.69) is 13.2 Å². The van der Waals surface area contributed by atoms with Crippen molar-refractivity contribution in [1.82, 2.24) is 0 Å². The lowest BCUT2D eigenvalue weighted by atomic mass is 10.0. The van der Waals surface area contributed by atoms with Gasteiger partial charge in [0.2, 0.25) is 0 Å². The highest BCUT2D eigenvalue weighted by atomic mass is 16.6. The Morgan fingerprint density at radius 3 is 2.03 bits per heavy atom. The van der Waals surface area contributed by atoms with E-state index in [4.69, 9.17) is 18.9 Å². The Morgan fingerprint density at radius 2 is 1.45 bits per heavy atom. The Balaban J connectivity index is 2.08. The van der Waals surface area contributed by atoms with Crippen LogP contribution in [0.3, 0.4) is 0 Å². The highest BCUT2D eigenvalue weighted by Gasteiger charge is 2.10. The van der Waals surface area contributed by atoms with Crippen molar-refractivity contribution in [3.63, 3.8) is 0 Å². The van der Waals surface area contributed by atoms with E-state index in [-0.39, 0.29) is 13.2 Å². The summed E-state index contributed by atoms with van der Waals surface area (Å²) in [6.07, 6.45) is 0. The van der Waals surface area contributed by atoms with Crippen LogP contribution < -0.4 is 14.2 Å². The normalized spacial score (nSPS) is 10.0. The minimum Gasteiger partial charge on any atom is -0.493 e. The maximum Gasteiger partial charge on any atom is 0.338 e. The fraction of sp³-hybridized carbons (Fsp3) is 0.217. The van der Waals surface area contributed by atoms with E-state index in [1.54, 1.807) is 39.2 Å². The highest BCUT2D eigenvalue weighted by molar-refractivity contribution is 5.89. The van der Waals surface area contributed by atoms with Crippen molar-refractivity contribution in [2.75, 3.05) is 20.3 Å². The zero-order valence-corrected chi connectivity index (χ0v) is 16.8. The zero-order chi connectivity index (χ0) is 21.4. The fourth-order valence-electron chi connectivity index (χ4n) is 2.29. The Morgan fingerprint density at radius 1 is 0.828 bits per heavy atom. The van der Waals surface area contributed by atoms with Crippen LogP contribution in [0.15, 0.2) is 66.8 Å². The number of rotatable bonds is 9. The van der Waals surface area contributed by atoms with Crippen LogP contribution in [0.25, 0.3) is 11.1 Å². The fourth-order valence-corrected chi connectivity index (χ4v) is 2.29. The van der Waals surface area contributed by atoms with E-state index in [0.29, 0.717) is 28.4 Å². The number of carbonyl (C=O) groups is 2. The second-order valence-electron chi connectivity index (χ2n) is 6.32. The standard InChI is InChI=1S/C23H24O6/c1-15(2)22(24)28-13-12-27-21-14-18(8-11-20(21)26-5)17-6-9-19(10-7-17)29-23(25)16(3)4/h6-11,14H,1,3,12-13H2,2,4-5H3. The van der Waals surface area contributed by atoms with E-state index in [1.807, 2.05) is 24.3 Å². The molecule has 29 heavy (non-hydrogen) atoms.